The number of rotatable bonds is 3. The Hall–Kier alpha value is -1.36. The van der Waals surface area contributed by atoms with E-state index in [1.54, 1.807) is 10.9 Å². The minimum atomic E-state index is -0.0368. The molecule has 5 nitrogen and oxygen atoms in total. The molecule has 5 heteroatoms. The molecule has 82 valence electrons. The van der Waals surface area contributed by atoms with Crippen molar-refractivity contribution in [1.82, 2.24) is 15.1 Å². The van der Waals surface area contributed by atoms with Crippen LogP contribution >= 0.6 is 0 Å². The first-order valence-electron chi connectivity index (χ1n) is 5.37. The van der Waals surface area contributed by atoms with Crippen molar-refractivity contribution in [2.75, 3.05) is 11.9 Å². The van der Waals surface area contributed by atoms with E-state index in [-0.39, 0.29) is 11.9 Å². The van der Waals surface area contributed by atoms with Crippen molar-refractivity contribution in [2.45, 2.75) is 32.4 Å². The van der Waals surface area contributed by atoms with E-state index in [0.29, 0.717) is 0 Å². The van der Waals surface area contributed by atoms with E-state index in [0.717, 1.165) is 31.7 Å². The Morgan fingerprint density at radius 3 is 3.33 bits per heavy atom. The zero-order chi connectivity index (χ0) is 10.7. The Kier molecular flexibility index (Phi) is 3.01. The lowest BCUT2D eigenvalue weighted by Crippen LogP contribution is -2.36. The van der Waals surface area contributed by atoms with Gasteiger partial charge < -0.3 is 10.6 Å². The van der Waals surface area contributed by atoms with Crippen molar-refractivity contribution in [1.29, 1.82) is 0 Å². The van der Waals surface area contributed by atoms with E-state index in [9.17, 15) is 4.79 Å². The van der Waals surface area contributed by atoms with Crippen LogP contribution in [0.25, 0.3) is 0 Å². The smallest absolute Gasteiger partial charge is 0.242 e. The number of hydrogen-bond donors (Lipinski definition) is 2. The highest BCUT2D eigenvalue weighted by Gasteiger charge is 2.22. The normalized spacial score (nSPS) is 20.5. The summed E-state index contributed by atoms with van der Waals surface area (Å²) in [6.45, 7) is 3.70. The molecule has 1 aromatic heterocycles. The molecule has 0 radical (unpaired) electrons. The van der Waals surface area contributed by atoms with Crippen LogP contribution in [0.4, 0.5) is 5.82 Å². The molecule has 2 rings (SSSR count). The van der Waals surface area contributed by atoms with E-state index < -0.39 is 0 Å². The summed E-state index contributed by atoms with van der Waals surface area (Å²) in [5.41, 5.74) is 0. The molecule has 1 fully saturated rings. The molecular weight excluding hydrogens is 192 g/mol. The van der Waals surface area contributed by atoms with Crippen LogP contribution in [-0.2, 0) is 11.3 Å². The molecule has 1 aromatic rings. The maximum absolute atomic E-state index is 11.8. The number of aromatic nitrogens is 2. The van der Waals surface area contributed by atoms with Crippen molar-refractivity contribution in [2.24, 2.45) is 0 Å². The Morgan fingerprint density at radius 1 is 1.80 bits per heavy atom. The first-order valence-corrected chi connectivity index (χ1v) is 5.37. The number of hydrogen-bond acceptors (Lipinski definition) is 3. The summed E-state index contributed by atoms with van der Waals surface area (Å²) in [5, 5.41) is 10.1. The second-order valence-electron chi connectivity index (χ2n) is 3.67. The lowest BCUT2D eigenvalue weighted by Gasteiger charge is -2.11. The third kappa shape index (κ3) is 2.18. The first kappa shape index (κ1) is 10.2. The van der Waals surface area contributed by atoms with E-state index >= 15 is 0 Å². The van der Waals surface area contributed by atoms with Crippen LogP contribution in [0, 0.1) is 0 Å². The molecule has 0 aromatic carbocycles. The maximum Gasteiger partial charge on any atom is 0.242 e. The summed E-state index contributed by atoms with van der Waals surface area (Å²) in [7, 11) is 0. The molecule has 1 saturated heterocycles. The van der Waals surface area contributed by atoms with Gasteiger partial charge >= 0.3 is 0 Å². The van der Waals surface area contributed by atoms with Crippen molar-refractivity contribution >= 4 is 11.7 Å². The van der Waals surface area contributed by atoms with Gasteiger partial charge in [0.15, 0.2) is 0 Å². The standard InChI is InChI=1S/C10H16N4O/c1-2-14-9(5-7-12-14)13-10(15)8-4-3-6-11-8/h5,7-8,11H,2-4,6H2,1H3,(H,13,15)/t8-/m1/s1. The Morgan fingerprint density at radius 2 is 2.67 bits per heavy atom. The highest BCUT2D eigenvalue weighted by atomic mass is 16.2. The fourth-order valence-corrected chi connectivity index (χ4v) is 1.81. The van der Waals surface area contributed by atoms with Gasteiger partial charge in [0.2, 0.25) is 5.91 Å². The minimum absolute atomic E-state index is 0.0368. The third-order valence-corrected chi connectivity index (χ3v) is 2.64. The van der Waals surface area contributed by atoms with Crippen LogP contribution in [0.2, 0.25) is 0 Å². The molecule has 0 aliphatic carbocycles. The average Bonchev–Trinajstić information content (AvgIpc) is 2.87. The molecule has 1 amide bonds. The molecule has 1 atom stereocenters. The summed E-state index contributed by atoms with van der Waals surface area (Å²) in [6.07, 6.45) is 3.69. The van der Waals surface area contributed by atoms with Gasteiger partial charge in [0.05, 0.1) is 12.2 Å². The van der Waals surface area contributed by atoms with Crippen molar-refractivity contribution in [3.05, 3.63) is 12.3 Å². The topological polar surface area (TPSA) is 59.0 Å². The fourth-order valence-electron chi connectivity index (χ4n) is 1.81. The van der Waals surface area contributed by atoms with Gasteiger partial charge in [0.25, 0.3) is 0 Å². The Balaban J connectivity index is 1.98. The second kappa shape index (κ2) is 4.44. The summed E-state index contributed by atoms with van der Waals surface area (Å²) in [5.74, 6) is 0.818. The molecule has 0 unspecified atom stereocenters. The molecule has 1 aliphatic heterocycles. The van der Waals surface area contributed by atoms with E-state index in [4.69, 9.17) is 0 Å². The number of nitrogens with zero attached hydrogens (tertiary/aromatic N) is 2. The van der Waals surface area contributed by atoms with Crippen molar-refractivity contribution in [3.63, 3.8) is 0 Å². The lowest BCUT2D eigenvalue weighted by atomic mass is 10.2. The van der Waals surface area contributed by atoms with Crippen molar-refractivity contribution in [3.8, 4) is 0 Å². The van der Waals surface area contributed by atoms with E-state index in [1.807, 2.05) is 13.0 Å². The quantitative estimate of drug-likeness (QED) is 0.764. The predicted molar refractivity (Wildman–Crippen MR) is 57.6 cm³/mol. The summed E-state index contributed by atoms with van der Waals surface area (Å²) in [4.78, 5) is 11.8. The molecule has 1 aliphatic rings. The van der Waals surface area contributed by atoms with Crippen LogP contribution < -0.4 is 10.6 Å². The van der Waals surface area contributed by atoms with Gasteiger partial charge in [-0.3, -0.25) is 4.79 Å². The number of nitrogens with one attached hydrogen (secondary N) is 2. The van der Waals surface area contributed by atoms with Crippen LogP contribution in [0.1, 0.15) is 19.8 Å². The molecule has 0 bridgehead atoms. The van der Waals surface area contributed by atoms with E-state index in [1.165, 1.54) is 0 Å². The average molecular weight is 208 g/mol. The third-order valence-electron chi connectivity index (χ3n) is 2.64. The molecule has 2 N–H and O–H groups in total. The van der Waals surface area contributed by atoms with Gasteiger partial charge in [-0.2, -0.15) is 5.10 Å². The second-order valence-corrected chi connectivity index (χ2v) is 3.67. The predicted octanol–water partition coefficient (Wildman–Crippen LogP) is 0.593. The highest BCUT2D eigenvalue weighted by molar-refractivity contribution is 5.94. The summed E-state index contributed by atoms with van der Waals surface area (Å²) < 4.78 is 1.77. The summed E-state index contributed by atoms with van der Waals surface area (Å²) in [6, 6.07) is 1.78. The van der Waals surface area contributed by atoms with Crippen LogP contribution in [0.5, 0.6) is 0 Å². The maximum atomic E-state index is 11.8. The zero-order valence-corrected chi connectivity index (χ0v) is 8.86. The number of carbonyl (C=O) groups is 1. The molecule has 2 heterocycles. The van der Waals surface area contributed by atoms with E-state index in [2.05, 4.69) is 15.7 Å². The van der Waals surface area contributed by atoms with Crippen LogP contribution in [0.15, 0.2) is 12.3 Å². The fraction of sp³-hybridized carbons (Fsp3) is 0.600. The largest absolute Gasteiger partial charge is 0.310 e. The number of carbonyl (C=O) groups excluding carboxylic acids is 1. The highest BCUT2D eigenvalue weighted by Crippen LogP contribution is 2.10. The SMILES string of the molecule is CCn1nccc1NC(=O)[C@H]1CCCN1. The zero-order valence-electron chi connectivity index (χ0n) is 8.86. The van der Waals surface area contributed by atoms with Crippen molar-refractivity contribution < 1.29 is 4.79 Å². The minimum Gasteiger partial charge on any atom is -0.310 e. The van der Waals surface area contributed by atoms with Gasteiger partial charge in [0, 0.05) is 12.6 Å². The van der Waals surface area contributed by atoms with Gasteiger partial charge in [-0.05, 0) is 26.3 Å². The van der Waals surface area contributed by atoms with Gasteiger partial charge in [-0.25, -0.2) is 4.68 Å². The van der Waals surface area contributed by atoms with Gasteiger partial charge in [-0.1, -0.05) is 0 Å². The van der Waals surface area contributed by atoms with Gasteiger partial charge in [0.1, 0.15) is 5.82 Å². The Labute approximate surface area is 88.8 Å². The summed E-state index contributed by atoms with van der Waals surface area (Å²) >= 11 is 0. The number of aryl methyl sites for hydroxylation is 1. The van der Waals surface area contributed by atoms with Gasteiger partial charge in [-0.15, -0.1) is 0 Å². The molecule has 0 spiro atoms. The molecular formula is C10H16N4O. The molecule has 15 heavy (non-hydrogen) atoms. The van der Waals surface area contributed by atoms with Crippen LogP contribution in [0.3, 0.4) is 0 Å². The monoisotopic (exact) mass is 208 g/mol. The lowest BCUT2D eigenvalue weighted by molar-refractivity contribution is -0.117. The number of amides is 1. The molecule has 0 saturated carbocycles. The van der Waals surface area contributed by atoms with Crippen LogP contribution in [-0.4, -0.2) is 28.3 Å². The first-order chi connectivity index (χ1) is 7.31. The Bertz CT molecular complexity index is 341. The number of anilines is 1.